The number of benzene rings is 1. The van der Waals surface area contributed by atoms with Crippen LogP contribution in [0.5, 0.6) is 5.75 Å². The van der Waals surface area contributed by atoms with Gasteiger partial charge in [-0.05, 0) is 38.1 Å². The minimum Gasteiger partial charge on any atom is -0.486 e. The Morgan fingerprint density at radius 1 is 1.35 bits per heavy atom. The number of fused-ring (bicyclic) bond motifs is 1. The van der Waals surface area contributed by atoms with Crippen molar-refractivity contribution in [3.63, 3.8) is 0 Å². The molecule has 2 aliphatic rings. The van der Waals surface area contributed by atoms with E-state index in [9.17, 15) is 9.59 Å². The minimum absolute atomic E-state index is 0.0251. The van der Waals surface area contributed by atoms with E-state index in [1.54, 1.807) is 18.9 Å². The van der Waals surface area contributed by atoms with Crippen LogP contribution in [-0.2, 0) is 9.53 Å². The molecule has 1 fully saturated rings. The first-order valence-electron chi connectivity index (χ1n) is 9.30. The molecule has 1 N–H and O–H groups in total. The first kappa shape index (κ1) is 18.9. The molecule has 1 spiro atoms. The Labute approximate surface area is 154 Å². The molecule has 1 saturated heterocycles. The summed E-state index contributed by atoms with van der Waals surface area (Å²) in [4.78, 5) is 26.7. The van der Waals surface area contributed by atoms with Crippen LogP contribution in [0, 0.1) is 6.92 Å². The normalized spacial score (nSPS) is 18.3. The highest BCUT2D eigenvalue weighted by Crippen LogP contribution is 2.41. The predicted octanol–water partition coefficient (Wildman–Crippen LogP) is 2.47. The highest BCUT2D eigenvalue weighted by atomic mass is 16.5. The van der Waals surface area contributed by atoms with E-state index in [2.05, 4.69) is 5.32 Å². The molecule has 2 heterocycles. The summed E-state index contributed by atoms with van der Waals surface area (Å²) in [6.07, 6.45) is 2.84. The van der Waals surface area contributed by atoms with E-state index in [1.165, 1.54) is 0 Å². The van der Waals surface area contributed by atoms with E-state index in [0.29, 0.717) is 30.9 Å². The number of hydrogen-bond acceptors (Lipinski definition) is 5. The Hall–Kier alpha value is -1.92. The van der Waals surface area contributed by atoms with Gasteiger partial charge in [-0.3, -0.25) is 9.59 Å². The van der Waals surface area contributed by atoms with E-state index in [-0.39, 0.29) is 11.7 Å². The van der Waals surface area contributed by atoms with Gasteiger partial charge in [0.15, 0.2) is 5.78 Å². The molecule has 26 heavy (non-hydrogen) atoms. The maximum absolute atomic E-state index is 12.7. The summed E-state index contributed by atoms with van der Waals surface area (Å²) < 4.78 is 11.5. The average Bonchev–Trinajstić information content (AvgIpc) is 2.60. The molecule has 0 aliphatic carbocycles. The Morgan fingerprint density at radius 3 is 2.73 bits per heavy atom. The number of rotatable bonds is 5. The number of anilines is 1. The molecular weight excluding hydrogens is 332 g/mol. The van der Waals surface area contributed by atoms with Crippen molar-refractivity contribution < 1.29 is 19.1 Å². The van der Waals surface area contributed by atoms with Crippen molar-refractivity contribution in [1.82, 2.24) is 5.32 Å². The van der Waals surface area contributed by atoms with Crippen LogP contribution in [0.3, 0.4) is 0 Å². The number of nitrogens with zero attached hydrogens (tertiary/aromatic N) is 1. The predicted molar refractivity (Wildman–Crippen MR) is 100 cm³/mol. The highest BCUT2D eigenvalue weighted by Gasteiger charge is 2.41. The Morgan fingerprint density at radius 2 is 2.08 bits per heavy atom. The minimum atomic E-state index is -0.404. The molecule has 2 aliphatic heterocycles. The molecule has 142 valence electrons. The zero-order valence-electron chi connectivity index (χ0n) is 15.9. The second-order valence-corrected chi connectivity index (χ2v) is 7.29. The monoisotopic (exact) mass is 360 g/mol. The van der Waals surface area contributed by atoms with Crippen molar-refractivity contribution in [1.29, 1.82) is 0 Å². The smallest absolute Gasteiger partial charge is 0.223 e. The average molecular weight is 360 g/mol. The first-order valence-corrected chi connectivity index (χ1v) is 9.30. The lowest BCUT2D eigenvalue weighted by Gasteiger charge is -2.41. The van der Waals surface area contributed by atoms with Crippen LogP contribution < -0.4 is 15.0 Å². The van der Waals surface area contributed by atoms with Crippen molar-refractivity contribution in [2.45, 2.75) is 45.1 Å². The summed E-state index contributed by atoms with van der Waals surface area (Å²) in [5.74, 6) is 0.723. The van der Waals surface area contributed by atoms with Crippen LogP contribution in [0.1, 0.15) is 48.5 Å². The third-order valence-corrected chi connectivity index (χ3v) is 5.32. The van der Waals surface area contributed by atoms with Crippen LogP contribution in [0.4, 0.5) is 5.69 Å². The summed E-state index contributed by atoms with van der Waals surface area (Å²) >= 11 is 0. The Balaban J connectivity index is 1.93. The summed E-state index contributed by atoms with van der Waals surface area (Å²) in [7, 11) is 1.65. The SMILES string of the molecule is COCCCN(C(C)=O)c1cc2c(cc1C)C(=O)CC1(CCNCC1)O2. The van der Waals surface area contributed by atoms with Gasteiger partial charge in [0.2, 0.25) is 5.91 Å². The number of ketones is 1. The molecule has 6 nitrogen and oxygen atoms in total. The lowest BCUT2D eigenvalue weighted by Crippen LogP contribution is -2.49. The number of carbonyl (C=O) groups is 2. The first-order chi connectivity index (χ1) is 12.5. The maximum Gasteiger partial charge on any atom is 0.223 e. The lowest BCUT2D eigenvalue weighted by molar-refractivity contribution is -0.116. The summed E-state index contributed by atoms with van der Waals surface area (Å²) in [5.41, 5.74) is 1.95. The largest absolute Gasteiger partial charge is 0.486 e. The Bertz CT molecular complexity index is 695. The standard InChI is InChI=1S/C20H28N2O4/c1-14-11-16-18(24)13-20(5-7-21-8-6-20)26-19(16)12-17(14)22(15(2)23)9-4-10-25-3/h11-12,21H,4-10,13H2,1-3H3. The number of amides is 1. The third-order valence-electron chi connectivity index (χ3n) is 5.32. The molecule has 1 aromatic carbocycles. The number of Topliss-reactive ketones (excluding diaryl/α,β-unsaturated/α-hetero) is 1. The Kier molecular flexibility index (Phi) is 5.63. The molecule has 6 heteroatoms. The van der Waals surface area contributed by atoms with E-state index in [0.717, 1.165) is 43.6 Å². The van der Waals surface area contributed by atoms with Crippen LogP contribution in [0.15, 0.2) is 12.1 Å². The number of nitrogens with one attached hydrogen (secondary N) is 1. The van der Waals surface area contributed by atoms with Crippen molar-refractivity contribution in [2.24, 2.45) is 0 Å². The molecule has 0 radical (unpaired) electrons. The summed E-state index contributed by atoms with van der Waals surface area (Å²) in [6.45, 7) is 6.39. The maximum atomic E-state index is 12.7. The molecule has 0 saturated carbocycles. The molecular formula is C20H28N2O4. The molecule has 3 rings (SSSR count). The van der Waals surface area contributed by atoms with Crippen molar-refractivity contribution >= 4 is 17.4 Å². The van der Waals surface area contributed by atoms with Gasteiger partial charge in [0.1, 0.15) is 11.4 Å². The third kappa shape index (κ3) is 3.76. The van der Waals surface area contributed by atoms with Crippen LogP contribution in [-0.4, -0.2) is 50.6 Å². The molecule has 1 amide bonds. The van der Waals surface area contributed by atoms with Crippen molar-refractivity contribution in [2.75, 3.05) is 38.3 Å². The van der Waals surface area contributed by atoms with Gasteiger partial charge in [-0.25, -0.2) is 0 Å². The van der Waals surface area contributed by atoms with Crippen molar-refractivity contribution in [3.05, 3.63) is 23.3 Å². The van der Waals surface area contributed by atoms with Gasteiger partial charge in [0.25, 0.3) is 0 Å². The van der Waals surface area contributed by atoms with Gasteiger partial charge in [0.05, 0.1) is 17.7 Å². The number of ether oxygens (including phenoxy) is 2. The fourth-order valence-corrected chi connectivity index (χ4v) is 3.90. The van der Waals surface area contributed by atoms with Gasteiger partial charge >= 0.3 is 0 Å². The van der Waals surface area contributed by atoms with Crippen LogP contribution in [0.2, 0.25) is 0 Å². The number of methoxy groups -OCH3 is 1. The zero-order chi connectivity index (χ0) is 18.7. The fourth-order valence-electron chi connectivity index (χ4n) is 3.90. The van der Waals surface area contributed by atoms with Crippen LogP contribution in [0.25, 0.3) is 0 Å². The number of hydrogen-bond donors (Lipinski definition) is 1. The van der Waals surface area contributed by atoms with E-state index >= 15 is 0 Å². The molecule has 0 atom stereocenters. The van der Waals surface area contributed by atoms with Gasteiger partial charge in [-0.2, -0.15) is 0 Å². The van der Waals surface area contributed by atoms with Gasteiger partial charge in [-0.1, -0.05) is 0 Å². The highest BCUT2D eigenvalue weighted by molar-refractivity contribution is 6.02. The van der Waals surface area contributed by atoms with Gasteiger partial charge in [0, 0.05) is 46.1 Å². The van der Waals surface area contributed by atoms with Gasteiger partial charge < -0.3 is 19.7 Å². The number of aryl methyl sites for hydroxylation is 1. The molecule has 0 unspecified atom stereocenters. The number of carbonyl (C=O) groups excluding carboxylic acids is 2. The summed E-state index contributed by atoms with van der Waals surface area (Å²) in [5, 5.41) is 3.32. The fraction of sp³-hybridized carbons (Fsp3) is 0.600. The van der Waals surface area contributed by atoms with E-state index in [4.69, 9.17) is 9.47 Å². The van der Waals surface area contributed by atoms with Gasteiger partial charge in [-0.15, -0.1) is 0 Å². The van der Waals surface area contributed by atoms with E-state index in [1.807, 2.05) is 19.1 Å². The molecule has 1 aromatic rings. The lowest BCUT2D eigenvalue weighted by atomic mass is 9.82. The zero-order valence-corrected chi connectivity index (χ0v) is 15.9. The number of piperidine rings is 1. The van der Waals surface area contributed by atoms with E-state index < -0.39 is 5.60 Å². The second kappa shape index (κ2) is 7.76. The summed E-state index contributed by atoms with van der Waals surface area (Å²) in [6, 6.07) is 3.74. The molecule has 0 bridgehead atoms. The molecule has 0 aromatic heterocycles. The topological polar surface area (TPSA) is 67.9 Å². The quantitative estimate of drug-likeness (QED) is 0.817. The van der Waals surface area contributed by atoms with Crippen molar-refractivity contribution in [3.8, 4) is 5.75 Å². The second-order valence-electron chi connectivity index (χ2n) is 7.29. The van der Waals surface area contributed by atoms with Crippen LogP contribution >= 0.6 is 0 Å².